The van der Waals surface area contributed by atoms with Crippen molar-refractivity contribution in [2.45, 2.75) is 32.7 Å². The molecule has 0 atom stereocenters. The molecule has 23 heavy (non-hydrogen) atoms. The number of amides is 1. The SMILES string of the molecule is CCNC(=O)COc1ccc2c(c1)nc(C)n2C1CCOCC1. The van der Waals surface area contributed by atoms with Gasteiger partial charge in [-0.25, -0.2) is 4.98 Å². The van der Waals surface area contributed by atoms with E-state index in [1.165, 1.54) is 0 Å². The second kappa shape index (κ2) is 7.00. The molecule has 6 heteroatoms. The molecule has 2 aromatic rings. The molecule has 0 unspecified atom stereocenters. The summed E-state index contributed by atoms with van der Waals surface area (Å²) in [4.78, 5) is 16.1. The van der Waals surface area contributed by atoms with Gasteiger partial charge < -0.3 is 19.4 Å². The normalized spacial score (nSPS) is 15.7. The zero-order chi connectivity index (χ0) is 16.2. The smallest absolute Gasteiger partial charge is 0.257 e. The van der Waals surface area contributed by atoms with Gasteiger partial charge in [0.15, 0.2) is 6.61 Å². The summed E-state index contributed by atoms with van der Waals surface area (Å²) in [5.74, 6) is 1.56. The van der Waals surface area contributed by atoms with Crippen molar-refractivity contribution in [3.63, 3.8) is 0 Å². The third kappa shape index (κ3) is 3.47. The van der Waals surface area contributed by atoms with Crippen molar-refractivity contribution in [1.29, 1.82) is 0 Å². The lowest BCUT2D eigenvalue weighted by Crippen LogP contribution is -2.28. The second-order valence-electron chi connectivity index (χ2n) is 5.77. The van der Waals surface area contributed by atoms with E-state index in [1.807, 2.05) is 32.0 Å². The fraction of sp³-hybridized carbons (Fsp3) is 0.529. The van der Waals surface area contributed by atoms with Crippen molar-refractivity contribution in [2.24, 2.45) is 0 Å². The van der Waals surface area contributed by atoms with Crippen LogP contribution in [0.4, 0.5) is 0 Å². The van der Waals surface area contributed by atoms with Crippen molar-refractivity contribution in [3.05, 3.63) is 24.0 Å². The lowest BCUT2D eigenvalue weighted by atomic mass is 10.1. The van der Waals surface area contributed by atoms with E-state index in [0.29, 0.717) is 18.3 Å². The zero-order valence-electron chi connectivity index (χ0n) is 13.7. The Morgan fingerprint density at radius 3 is 2.96 bits per heavy atom. The number of aromatic nitrogens is 2. The molecule has 1 aliphatic heterocycles. The lowest BCUT2D eigenvalue weighted by Gasteiger charge is -2.25. The predicted octanol–water partition coefficient (Wildman–Crippen LogP) is 2.21. The molecule has 0 aliphatic carbocycles. The number of fused-ring (bicyclic) bond motifs is 1. The first-order valence-corrected chi connectivity index (χ1v) is 8.15. The summed E-state index contributed by atoms with van der Waals surface area (Å²) < 4.78 is 13.3. The molecule has 1 amide bonds. The van der Waals surface area contributed by atoms with Crippen LogP contribution in [-0.4, -0.2) is 41.8 Å². The number of rotatable bonds is 5. The van der Waals surface area contributed by atoms with Crippen LogP contribution in [0.3, 0.4) is 0 Å². The van der Waals surface area contributed by atoms with Gasteiger partial charge in [-0.2, -0.15) is 0 Å². The number of hydrogen-bond donors (Lipinski definition) is 1. The largest absolute Gasteiger partial charge is 0.484 e. The quantitative estimate of drug-likeness (QED) is 0.918. The first kappa shape index (κ1) is 15.8. The van der Waals surface area contributed by atoms with Gasteiger partial charge in [-0.1, -0.05) is 0 Å². The van der Waals surface area contributed by atoms with Gasteiger partial charge in [-0.05, 0) is 38.8 Å². The Balaban J connectivity index is 1.80. The van der Waals surface area contributed by atoms with Gasteiger partial charge in [0.25, 0.3) is 5.91 Å². The van der Waals surface area contributed by atoms with Crippen LogP contribution in [0, 0.1) is 6.92 Å². The topological polar surface area (TPSA) is 65.4 Å². The lowest BCUT2D eigenvalue weighted by molar-refractivity contribution is -0.122. The number of nitrogens with zero attached hydrogens (tertiary/aromatic N) is 2. The van der Waals surface area contributed by atoms with E-state index >= 15 is 0 Å². The molecule has 3 rings (SSSR count). The Morgan fingerprint density at radius 2 is 2.22 bits per heavy atom. The van der Waals surface area contributed by atoms with Gasteiger partial charge >= 0.3 is 0 Å². The van der Waals surface area contributed by atoms with Crippen molar-refractivity contribution in [1.82, 2.24) is 14.9 Å². The number of likely N-dealkylation sites (N-methyl/N-ethyl adjacent to an activating group) is 1. The Hall–Kier alpha value is -2.08. The number of carbonyl (C=O) groups is 1. The molecule has 6 nitrogen and oxygen atoms in total. The third-order valence-electron chi connectivity index (χ3n) is 4.14. The first-order chi connectivity index (χ1) is 11.2. The molecule has 1 aromatic carbocycles. The van der Waals surface area contributed by atoms with Crippen LogP contribution < -0.4 is 10.1 Å². The standard InChI is InChI=1S/C17H23N3O3/c1-3-18-17(21)11-23-14-4-5-16-15(10-14)19-12(2)20(16)13-6-8-22-9-7-13/h4-5,10,13H,3,6-9,11H2,1-2H3,(H,18,21). The highest BCUT2D eigenvalue weighted by Gasteiger charge is 2.20. The second-order valence-corrected chi connectivity index (χ2v) is 5.77. The Morgan fingerprint density at radius 1 is 1.43 bits per heavy atom. The number of ether oxygens (including phenoxy) is 2. The van der Waals surface area contributed by atoms with Gasteiger partial charge in [0.05, 0.1) is 11.0 Å². The van der Waals surface area contributed by atoms with Crippen molar-refractivity contribution in [3.8, 4) is 5.75 Å². The Bertz CT molecular complexity index is 690. The molecular formula is C17H23N3O3. The number of imidazole rings is 1. The summed E-state index contributed by atoms with van der Waals surface area (Å²) in [6.07, 6.45) is 2.03. The van der Waals surface area contributed by atoms with Crippen LogP contribution in [0.15, 0.2) is 18.2 Å². The molecule has 1 saturated heterocycles. The Labute approximate surface area is 135 Å². The van der Waals surface area contributed by atoms with Crippen molar-refractivity contribution in [2.75, 3.05) is 26.4 Å². The van der Waals surface area contributed by atoms with E-state index in [1.54, 1.807) is 0 Å². The zero-order valence-corrected chi connectivity index (χ0v) is 13.7. The number of nitrogens with one attached hydrogen (secondary N) is 1. The van der Waals surface area contributed by atoms with Crippen LogP contribution >= 0.6 is 0 Å². The summed E-state index contributed by atoms with van der Waals surface area (Å²) >= 11 is 0. The van der Waals surface area contributed by atoms with E-state index in [4.69, 9.17) is 9.47 Å². The number of hydrogen-bond acceptors (Lipinski definition) is 4. The fourth-order valence-electron chi connectivity index (χ4n) is 3.09. The summed E-state index contributed by atoms with van der Waals surface area (Å²) in [6, 6.07) is 6.27. The summed E-state index contributed by atoms with van der Waals surface area (Å²) in [5, 5.41) is 2.71. The molecule has 1 aromatic heterocycles. The molecule has 0 radical (unpaired) electrons. The third-order valence-corrected chi connectivity index (χ3v) is 4.14. The summed E-state index contributed by atoms with van der Waals surface area (Å²) in [6.45, 7) is 6.16. The highest BCUT2D eigenvalue weighted by atomic mass is 16.5. The van der Waals surface area contributed by atoms with Gasteiger partial charge in [0.1, 0.15) is 11.6 Å². The minimum Gasteiger partial charge on any atom is -0.484 e. The van der Waals surface area contributed by atoms with Crippen LogP contribution in [0.25, 0.3) is 11.0 Å². The van der Waals surface area contributed by atoms with Crippen LogP contribution in [0.1, 0.15) is 31.6 Å². The van der Waals surface area contributed by atoms with Gasteiger partial charge in [0, 0.05) is 31.9 Å². The maximum Gasteiger partial charge on any atom is 0.257 e. The van der Waals surface area contributed by atoms with E-state index in [2.05, 4.69) is 14.9 Å². The number of benzene rings is 1. The van der Waals surface area contributed by atoms with Crippen LogP contribution in [0.2, 0.25) is 0 Å². The average molecular weight is 317 g/mol. The van der Waals surface area contributed by atoms with Gasteiger partial charge in [0.2, 0.25) is 0 Å². The molecular weight excluding hydrogens is 294 g/mol. The molecule has 0 bridgehead atoms. The average Bonchev–Trinajstić information content (AvgIpc) is 2.89. The highest BCUT2D eigenvalue weighted by molar-refractivity contribution is 5.79. The molecule has 1 aliphatic rings. The predicted molar refractivity (Wildman–Crippen MR) is 87.7 cm³/mol. The summed E-state index contributed by atoms with van der Waals surface area (Å²) in [5.41, 5.74) is 2.02. The molecule has 0 spiro atoms. The Kier molecular flexibility index (Phi) is 4.81. The minimum absolute atomic E-state index is 0.0268. The van der Waals surface area contributed by atoms with E-state index in [-0.39, 0.29) is 12.5 Å². The molecule has 0 saturated carbocycles. The first-order valence-electron chi connectivity index (χ1n) is 8.15. The molecule has 2 heterocycles. The van der Waals surface area contributed by atoms with E-state index < -0.39 is 0 Å². The fourth-order valence-corrected chi connectivity index (χ4v) is 3.09. The van der Waals surface area contributed by atoms with Gasteiger partial charge in [-0.15, -0.1) is 0 Å². The minimum atomic E-state index is -0.114. The van der Waals surface area contributed by atoms with E-state index in [0.717, 1.165) is 42.9 Å². The van der Waals surface area contributed by atoms with E-state index in [9.17, 15) is 4.79 Å². The maximum absolute atomic E-state index is 11.5. The molecule has 1 fully saturated rings. The van der Waals surface area contributed by atoms with Crippen LogP contribution in [-0.2, 0) is 9.53 Å². The maximum atomic E-state index is 11.5. The van der Waals surface area contributed by atoms with Crippen molar-refractivity contribution < 1.29 is 14.3 Å². The number of carbonyl (C=O) groups excluding carboxylic acids is 1. The van der Waals surface area contributed by atoms with Crippen LogP contribution in [0.5, 0.6) is 5.75 Å². The van der Waals surface area contributed by atoms with Crippen molar-refractivity contribution >= 4 is 16.9 Å². The monoisotopic (exact) mass is 317 g/mol. The summed E-state index contributed by atoms with van der Waals surface area (Å²) in [7, 11) is 0. The molecule has 124 valence electrons. The van der Waals surface area contributed by atoms with Gasteiger partial charge in [-0.3, -0.25) is 4.79 Å². The molecule has 1 N–H and O–H groups in total. The highest BCUT2D eigenvalue weighted by Crippen LogP contribution is 2.29. The number of aryl methyl sites for hydroxylation is 1.